The van der Waals surface area contributed by atoms with Crippen molar-refractivity contribution in [1.29, 1.82) is 0 Å². The Kier molecular flexibility index (Phi) is 1.57. The maximum atomic E-state index is 10.7. The van der Waals surface area contributed by atoms with Crippen LogP contribution in [0.4, 0.5) is 0 Å². The van der Waals surface area contributed by atoms with Gasteiger partial charge in [-0.15, -0.1) is 0 Å². The third-order valence-electron chi connectivity index (χ3n) is 2.32. The monoisotopic (exact) mass is 163 g/mol. The number of nitrogens with zero attached hydrogens (tertiary/aromatic N) is 1. The molecule has 0 aromatic carbocycles. The molecule has 3 nitrogen and oxygen atoms in total. The van der Waals surface area contributed by atoms with Crippen LogP contribution in [0, 0.1) is 0 Å². The molecule has 1 aliphatic carbocycles. The summed E-state index contributed by atoms with van der Waals surface area (Å²) in [5.74, 6) is -1.03. The third-order valence-corrected chi connectivity index (χ3v) is 2.32. The van der Waals surface area contributed by atoms with Gasteiger partial charge in [0.2, 0.25) is 0 Å². The molecule has 1 unspecified atom stereocenters. The van der Waals surface area contributed by atoms with E-state index in [4.69, 9.17) is 5.11 Å². The van der Waals surface area contributed by atoms with Crippen LogP contribution in [0.2, 0.25) is 0 Å². The van der Waals surface area contributed by atoms with Crippen molar-refractivity contribution in [2.45, 2.75) is 18.8 Å². The SMILES string of the molecule is O=C(O)C1CCc2cnccc21. The maximum Gasteiger partial charge on any atom is 0.310 e. The Morgan fingerprint density at radius 1 is 1.67 bits per heavy atom. The Morgan fingerprint density at radius 3 is 3.25 bits per heavy atom. The van der Waals surface area contributed by atoms with Crippen molar-refractivity contribution in [3.05, 3.63) is 29.6 Å². The van der Waals surface area contributed by atoms with Crippen molar-refractivity contribution >= 4 is 5.97 Å². The van der Waals surface area contributed by atoms with Crippen LogP contribution in [0.1, 0.15) is 23.5 Å². The fourth-order valence-corrected chi connectivity index (χ4v) is 1.70. The minimum Gasteiger partial charge on any atom is -0.481 e. The Labute approximate surface area is 70.1 Å². The van der Waals surface area contributed by atoms with E-state index in [1.807, 2.05) is 0 Å². The van der Waals surface area contributed by atoms with E-state index in [0.29, 0.717) is 0 Å². The zero-order valence-corrected chi connectivity index (χ0v) is 6.53. The molecule has 0 fully saturated rings. The molecule has 1 atom stereocenters. The van der Waals surface area contributed by atoms with Gasteiger partial charge in [0.15, 0.2) is 0 Å². The van der Waals surface area contributed by atoms with Crippen LogP contribution in [0.3, 0.4) is 0 Å². The highest BCUT2D eigenvalue weighted by atomic mass is 16.4. The Balaban J connectivity index is 2.42. The zero-order valence-electron chi connectivity index (χ0n) is 6.53. The van der Waals surface area contributed by atoms with Crippen LogP contribution >= 0.6 is 0 Å². The van der Waals surface area contributed by atoms with Gasteiger partial charge in [-0.1, -0.05) is 0 Å². The summed E-state index contributed by atoms with van der Waals surface area (Å²) in [4.78, 5) is 14.7. The molecule has 0 aliphatic heterocycles. The van der Waals surface area contributed by atoms with Crippen LogP contribution in [0.5, 0.6) is 0 Å². The van der Waals surface area contributed by atoms with Crippen molar-refractivity contribution in [3.8, 4) is 0 Å². The topological polar surface area (TPSA) is 50.2 Å². The van der Waals surface area contributed by atoms with Crippen molar-refractivity contribution in [2.75, 3.05) is 0 Å². The third kappa shape index (κ3) is 0.978. The molecule has 1 aliphatic rings. The van der Waals surface area contributed by atoms with Crippen molar-refractivity contribution in [2.24, 2.45) is 0 Å². The number of aryl methyl sites for hydroxylation is 1. The zero-order chi connectivity index (χ0) is 8.55. The molecule has 1 aromatic heterocycles. The van der Waals surface area contributed by atoms with Gasteiger partial charge in [0.1, 0.15) is 0 Å². The molecular formula is C9H9NO2. The fourth-order valence-electron chi connectivity index (χ4n) is 1.70. The number of hydrogen-bond acceptors (Lipinski definition) is 2. The first-order chi connectivity index (χ1) is 5.79. The lowest BCUT2D eigenvalue weighted by Crippen LogP contribution is -2.07. The number of pyridine rings is 1. The number of fused-ring (bicyclic) bond motifs is 1. The van der Waals surface area contributed by atoms with Gasteiger partial charge in [-0.25, -0.2) is 0 Å². The maximum absolute atomic E-state index is 10.7. The molecule has 0 saturated carbocycles. The van der Waals surface area contributed by atoms with E-state index in [1.165, 1.54) is 0 Å². The number of carbonyl (C=O) groups is 1. The summed E-state index contributed by atoms with van der Waals surface area (Å²) in [6, 6.07) is 1.81. The second kappa shape index (κ2) is 2.59. The predicted octanol–water partition coefficient (Wildman–Crippen LogP) is 1.20. The molecule has 1 aromatic rings. The van der Waals surface area contributed by atoms with Gasteiger partial charge in [0.05, 0.1) is 5.92 Å². The summed E-state index contributed by atoms with van der Waals surface area (Å²) in [5.41, 5.74) is 2.03. The lowest BCUT2D eigenvalue weighted by molar-refractivity contribution is -0.138. The van der Waals surface area contributed by atoms with Gasteiger partial charge in [-0.2, -0.15) is 0 Å². The lowest BCUT2D eigenvalue weighted by Gasteiger charge is -2.03. The molecule has 1 heterocycles. The number of aliphatic carboxylic acids is 1. The van der Waals surface area contributed by atoms with Crippen LogP contribution in [0.15, 0.2) is 18.5 Å². The molecule has 0 saturated heterocycles. The first kappa shape index (κ1) is 7.28. The normalized spacial score (nSPS) is 20.5. The molecule has 1 N–H and O–H groups in total. The predicted molar refractivity (Wildman–Crippen MR) is 42.9 cm³/mol. The van der Waals surface area contributed by atoms with E-state index >= 15 is 0 Å². The molecule has 12 heavy (non-hydrogen) atoms. The van der Waals surface area contributed by atoms with Gasteiger partial charge >= 0.3 is 5.97 Å². The van der Waals surface area contributed by atoms with Crippen LogP contribution in [-0.2, 0) is 11.2 Å². The summed E-state index contributed by atoms with van der Waals surface area (Å²) in [6.45, 7) is 0. The van der Waals surface area contributed by atoms with E-state index in [-0.39, 0.29) is 5.92 Å². The largest absolute Gasteiger partial charge is 0.481 e. The molecule has 0 radical (unpaired) electrons. The Hall–Kier alpha value is -1.38. The highest BCUT2D eigenvalue weighted by Crippen LogP contribution is 2.31. The van der Waals surface area contributed by atoms with Crippen molar-refractivity contribution in [3.63, 3.8) is 0 Å². The summed E-state index contributed by atoms with van der Waals surface area (Å²) in [6.07, 6.45) is 4.98. The number of rotatable bonds is 1. The standard InChI is InChI=1S/C9H9NO2/c11-9(12)8-2-1-6-5-10-4-3-7(6)8/h3-5,8H,1-2H2,(H,11,12). The van der Waals surface area contributed by atoms with Gasteiger partial charge in [-0.3, -0.25) is 9.78 Å². The van der Waals surface area contributed by atoms with E-state index in [2.05, 4.69) is 4.98 Å². The van der Waals surface area contributed by atoms with Gasteiger partial charge in [-0.05, 0) is 30.0 Å². The smallest absolute Gasteiger partial charge is 0.310 e. The molecular weight excluding hydrogens is 154 g/mol. The number of hydrogen-bond donors (Lipinski definition) is 1. The molecule has 0 amide bonds. The molecule has 0 spiro atoms. The first-order valence-corrected chi connectivity index (χ1v) is 3.94. The quantitative estimate of drug-likeness (QED) is 0.676. The first-order valence-electron chi connectivity index (χ1n) is 3.94. The molecule has 62 valence electrons. The van der Waals surface area contributed by atoms with Gasteiger partial charge < -0.3 is 5.11 Å². The Bertz CT molecular complexity index is 322. The minimum absolute atomic E-state index is 0.303. The van der Waals surface area contributed by atoms with E-state index in [9.17, 15) is 4.79 Å². The number of carboxylic acid groups (broad SMARTS) is 1. The molecule has 3 heteroatoms. The van der Waals surface area contributed by atoms with Crippen molar-refractivity contribution in [1.82, 2.24) is 4.98 Å². The second-order valence-corrected chi connectivity index (χ2v) is 3.00. The summed E-state index contributed by atoms with van der Waals surface area (Å²) < 4.78 is 0. The van der Waals surface area contributed by atoms with Gasteiger partial charge in [0, 0.05) is 12.4 Å². The van der Waals surface area contributed by atoms with Crippen LogP contribution < -0.4 is 0 Å². The van der Waals surface area contributed by atoms with Gasteiger partial charge in [0.25, 0.3) is 0 Å². The summed E-state index contributed by atoms with van der Waals surface area (Å²) >= 11 is 0. The summed E-state index contributed by atoms with van der Waals surface area (Å²) in [5, 5.41) is 8.84. The van der Waals surface area contributed by atoms with E-state index in [1.54, 1.807) is 18.5 Å². The Morgan fingerprint density at radius 2 is 2.50 bits per heavy atom. The van der Waals surface area contributed by atoms with E-state index < -0.39 is 5.97 Å². The average Bonchev–Trinajstić information content (AvgIpc) is 2.47. The number of aromatic nitrogens is 1. The average molecular weight is 163 g/mol. The number of carboxylic acids is 1. The van der Waals surface area contributed by atoms with Crippen LogP contribution in [-0.4, -0.2) is 16.1 Å². The van der Waals surface area contributed by atoms with Crippen LogP contribution in [0.25, 0.3) is 0 Å². The van der Waals surface area contributed by atoms with Crippen molar-refractivity contribution < 1.29 is 9.90 Å². The summed E-state index contributed by atoms with van der Waals surface area (Å²) in [7, 11) is 0. The van der Waals surface area contributed by atoms with E-state index in [0.717, 1.165) is 24.0 Å². The molecule has 0 bridgehead atoms. The fraction of sp³-hybridized carbons (Fsp3) is 0.333. The second-order valence-electron chi connectivity index (χ2n) is 3.00. The minimum atomic E-state index is -0.722. The highest BCUT2D eigenvalue weighted by molar-refractivity contribution is 5.77. The lowest BCUT2D eigenvalue weighted by atomic mass is 10.0. The highest BCUT2D eigenvalue weighted by Gasteiger charge is 2.27. The molecule has 2 rings (SSSR count).